The Labute approximate surface area is 210 Å². The zero-order valence-electron chi connectivity index (χ0n) is 22.7. The Morgan fingerprint density at radius 2 is 1.29 bits per heavy atom. The first-order chi connectivity index (χ1) is 16.5. The second-order valence-electron chi connectivity index (χ2n) is 8.99. The van der Waals surface area contributed by atoms with Crippen LogP contribution in [0, 0.1) is 0 Å². The van der Waals surface area contributed by atoms with E-state index in [1.807, 2.05) is 0 Å². The molecule has 0 amide bonds. The normalized spacial score (nSPS) is 12.6. The van der Waals surface area contributed by atoms with Gasteiger partial charge in [-0.2, -0.15) is 0 Å². The van der Waals surface area contributed by atoms with Crippen molar-refractivity contribution in [1.29, 1.82) is 0 Å². The quantitative estimate of drug-likeness (QED) is 0.108. The van der Waals surface area contributed by atoms with E-state index in [9.17, 15) is 4.79 Å². The Bertz CT molecular complexity index is 440. The summed E-state index contributed by atoms with van der Waals surface area (Å²) >= 11 is 0. The van der Waals surface area contributed by atoms with Crippen LogP contribution in [0.3, 0.4) is 0 Å². The summed E-state index contributed by atoms with van der Waals surface area (Å²) in [4.78, 5) is 19.9. The minimum absolute atomic E-state index is 0.131. The number of unbranched alkanes of at least 4 members (excludes halogenated alkanes) is 12. The standard InChI is InChI=1S/C22H43NO2.C4H9N.C2H4O2/c1-3-4-5-6-7-8-9-10-11-12-13-14-15-16-17-18-20-23-21-19-22(24)25-2;1-2-4-5-3-1;1-2(3)4/h10-11,23H,3-9,12-21H2,1-2H3;5H,1-4H2;1H3,(H,3,4)/b11-10+;;. The summed E-state index contributed by atoms with van der Waals surface area (Å²) < 4.78 is 4.60. The fourth-order valence-electron chi connectivity index (χ4n) is 3.54. The molecule has 34 heavy (non-hydrogen) atoms. The van der Waals surface area contributed by atoms with E-state index in [-0.39, 0.29) is 5.97 Å². The van der Waals surface area contributed by atoms with Crippen LogP contribution in [0.1, 0.15) is 123 Å². The van der Waals surface area contributed by atoms with Crippen molar-refractivity contribution in [2.75, 3.05) is 33.3 Å². The number of ether oxygens (including phenoxy) is 1. The molecule has 1 rings (SSSR count). The number of carboxylic acid groups (broad SMARTS) is 1. The minimum atomic E-state index is -0.833. The Kier molecular flexibility index (Phi) is 32.3. The molecule has 0 bridgehead atoms. The minimum Gasteiger partial charge on any atom is -0.481 e. The van der Waals surface area contributed by atoms with Crippen molar-refractivity contribution < 1.29 is 19.4 Å². The molecule has 1 aliphatic heterocycles. The molecule has 0 atom stereocenters. The first-order valence-electron chi connectivity index (χ1n) is 13.9. The average Bonchev–Trinajstić information content (AvgIpc) is 3.40. The van der Waals surface area contributed by atoms with Gasteiger partial charge in [-0.05, 0) is 64.6 Å². The van der Waals surface area contributed by atoms with Gasteiger partial charge >= 0.3 is 5.97 Å². The SMILES string of the molecule is C1CCNC1.CC(=O)O.CCCCCCCC/C=C/CCCCCCCCNCCC(=O)OC. The molecule has 202 valence electrons. The highest BCUT2D eigenvalue weighted by Gasteiger charge is 1.98. The zero-order valence-corrected chi connectivity index (χ0v) is 22.7. The number of hydrogen-bond acceptors (Lipinski definition) is 5. The number of carboxylic acids is 1. The molecular formula is C28H56N2O4. The Morgan fingerprint density at radius 3 is 1.74 bits per heavy atom. The molecule has 0 spiro atoms. The number of rotatable bonds is 19. The highest BCUT2D eigenvalue weighted by Crippen LogP contribution is 2.09. The van der Waals surface area contributed by atoms with Crippen LogP contribution in [0.5, 0.6) is 0 Å². The van der Waals surface area contributed by atoms with Crippen LogP contribution < -0.4 is 10.6 Å². The molecule has 0 aromatic rings. The number of esters is 1. The average molecular weight is 485 g/mol. The van der Waals surface area contributed by atoms with Crippen LogP contribution in [-0.4, -0.2) is 50.3 Å². The van der Waals surface area contributed by atoms with E-state index in [4.69, 9.17) is 9.90 Å². The molecule has 1 heterocycles. The molecule has 6 nitrogen and oxygen atoms in total. The Balaban J connectivity index is 0. The third-order valence-electron chi connectivity index (χ3n) is 5.56. The number of nitrogens with one attached hydrogen (secondary N) is 2. The van der Waals surface area contributed by atoms with Gasteiger partial charge in [-0.3, -0.25) is 9.59 Å². The number of methoxy groups -OCH3 is 1. The molecule has 6 heteroatoms. The van der Waals surface area contributed by atoms with Gasteiger partial charge in [-0.15, -0.1) is 0 Å². The van der Waals surface area contributed by atoms with Gasteiger partial charge in [0, 0.05) is 13.5 Å². The lowest BCUT2D eigenvalue weighted by Gasteiger charge is -2.04. The van der Waals surface area contributed by atoms with Gasteiger partial charge in [0.1, 0.15) is 0 Å². The van der Waals surface area contributed by atoms with Gasteiger partial charge in [0.05, 0.1) is 13.5 Å². The summed E-state index contributed by atoms with van der Waals surface area (Å²) in [6, 6.07) is 0. The molecule has 1 saturated heterocycles. The lowest BCUT2D eigenvalue weighted by Crippen LogP contribution is -2.19. The molecule has 3 N–H and O–H groups in total. The molecule has 0 unspecified atom stereocenters. The first-order valence-corrected chi connectivity index (χ1v) is 13.9. The van der Waals surface area contributed by atoms with E-state index in [0.29, 0.717) is 6.42 Å². The van der Waals surface area contributed by atoms with Crippen LogP contribution in [0.2, 0.25) is 0 Å². The topological polar surface area (TPSA) is 87.7 Å². The second-order valence-corrected chi connectivity index (χ2v) is 8.99. The molecule has 0 aromatic carbocycles. The number of aliphatic carboxylic acids is 1. The number of carbonyl (C=O) groups excluding carboxylic acids is 1. The van der Waals surface area contributed by atoms with E-state index >= 15 is 0 Å². The Morgan fingerprint density at radius 1 is 0.824 bits per heavy atom. The van der Waals surface area contributed by atoms with Gasteiger partial charge in [0.15, 0.2) is 0 Å². The maximum atomic E-state index is 10.9. The lowest BCUT2D eigenvalue weighted by atomic mass is 10.1. The summed E-state index contributed by atoms with van der Waals surface area (Å²) in [7, 11) is 1.44. The molecular weight excluding hydrogens is 428 g/mol. The van der Waals surface area contributed by atoms with Crippen molar-refractivity contribution in [1.82, 2.24) is 10.6 Å². The number of allylic oxidation sites excluding steroid dienone is 2. The van der Waals surface area contributed by atoms with E-state index in [0.717, 1.165) is 20.0 Å². The van der Waals surface area contributed by atoms with Crippen molar-refractivity contribution >= 4 is 11.9 Å². The number of carbonyl (C=O) groups is 2. The maximum Gasteiger partial charge on any atom is 0.306 e. The fraction of sp³-hybridized carbons (Fsp3) is 0.857. The largest absolute Gasteiger partial charge is 0.481 e. The zero-order chi connectivity index (χ0) is 25.5. The molecule has 1 fully saturated rings. The lowest BCUT2D eigenvalue weighted by molar-refractivity contribution is -0.140. The van der Waals surface area contributed by atoms with E-state index < -0.39 is 5.97 Å². The van der Waals surface area contributed by atoms with Crippen LogP contribution in [0.25, 0.3) is 0 Å². The van der Waals surface area contributed by atoms with Gasteiger partial charge < -0.3 is 20.5 Å². The highest BCUT2D eigenvalue weighted by atomic mass is 16.5. The van der Waals surface area contributed by atoms with E-state index in [1.54, 1.807) is 0 Å². The molecule has 0 saturated carbocycles. The summed E-state index contributed by atoms with van der Waals surface area (Å²) in [5, 5.41) is 13.9. The van der Waals surface area contributed by atoms with Gasteiger partial charge in [-0.25, -0.2) is 0 Å². The summed E-state index contributed by atoms with van der Waals surface area (Å²) in [6.45, 7) is 7.60. The molecule has 0 radical (unpaired) electrons. The second kappa shape index (κ2) is 31.6. The first kappa shape index (κ1) is 34.8. The predicted molar refractivity (Wildman–Crippen MR) is 144 cm³/mol. The smallest absolute Gasteiger partial charge is 0.306 e. The van der Waals surface area contributed by atoms with Crippen LogP contribution >= 0.6 is 0 Å². The van der Waals surface area contributed by atoms with Gasteiger partial charge in [0.25, 0.3) is 5.97 Å². The van der Waals surface area contributed by atoms with Crippen molar-refractivity contribution in [2.45, 2.75) is 123 Å². The molecule has 0 aliphatic carbocycles. The van der Waals surface area contributed by atoms with Crippen LogP contribution in [0.4, 0.5) is 0 Å². The van der Waals surface area contributed by atoms with Crippen LogP contribution in [0.15, 0.2) is 12.2 Å². The highest BCUT2D eigenvalue weighted by molar-refractivity contribution is 5.69. The summed E-state index contributed by atoms with van der Waals surface area (Å²) in [5.41, 5.74) is 0. The van der Waals surface area contributed by atoms with Gasteiger partial charge in [-0.1, -0.05) is 76.9 Å². The molecule has 0 aromatic heterocycles. The van der Waals surface area contributed by atoms with Crippen molar-refractivity contribution in [2.24, 2.45) is 0 Å². The van der Waals surface area contributed by atoms with Crippen molar-refractivity contribution in [3.63, 3.8) is 0 Å². The van der Waals surface area contributed by atoms with Gasteiger partial charge in [0.2, 0.25) is 0 Å². The van der Waals surface area contributed by atoms with E-state index in [1.165, 1.54) is 123 Å². The van der Waals surface area contributed by atoms with Crippen LogP contribution in [-0.2, 0) is 14.3 Å². The Hall–Kier alpha value is -1.40. The van der Waals surface area contributed by atoms with Crippen molar-refractivity contribution in [3.05, 3.63) is 12.2 Å². The number of hydrogen-bond donors (Lipinski definition) is 3. The predicted octanol–water partition coefficient (Wildman–Crippen LogP) is 6.64. The summed E-state index contributed by atoms with van der Waals surface area (Å²) in [6.07, 6.45) is 26.8. The monoisotopic (exact) mass is 484 g/mol. The third-order valence-corrected chi connectivity index (χ3v) is 5.56. The molecule has 1 aliphatic rings. The third kappa shape index (κ3) is 37.9. The van der Waals surface area contributed by atoms with Crippen molar-refractivity contribution in [3.8, 4) is 0 Å². The van der Waals surface area contributed by atoms with E-state index in [2.05, 4.69) is 34.4 Å². The maximum absolute atomic E-state index is 10.9. The fourth-order valence-corrected chi connectivity index (χ4v) is 3.54. The summed E-state index contributed by atoms with van der Waals surface area (Å²) in [5.74, 6) is -0.964.